The average molecular weight is 172 g/mol. The lowest BCUT2D eigenvalue weighted by atomic mass is 10.2. The number of rotatable bonds is 4. The lowest BCUT2D eigenvalue weighted by Gasteiger charge is -1.93. The van der Waals surface area contributed by atoms with Crippen molar-refractivity contribution in [2.24, 2.45) is 0 Å². The molecule has 0 bridgehead atoms. The van der Waals surface area contributed by atoms with Crippen LogP contribution in [0.2, 0.25) is 0 Å². The summed E-state index contributed by atoms with van der Waals surface area (Å²) in [7, 11) is 0. The number of aromatic amines is 1. The zero-order chi connectivity index (χ0) is 7.23. The number of aryl methyl sites for hydroxylation is 1. The molecule has 0 aromatic carbocycles. The van der Waals surface area contributed by atoms with Crippen molar-refractivity contribution >= 4 is 13.5 Å². The molecule has 0 fully saturated rings. The number of unbranched alkanes of at least 4 members (excludes halogenated alkanes) is 2. The fraction of sp³-hybridized carbons (Fsp3) is 0.625. The van der Waals surface area contributed by atoms with E-state index >= 15 is 0 Å². The molecule has 1 heterocycles. The summed E-state index contributed by atoms with van der Waals surface area (Å²) in [5.41, 5.74) is 0. The molecule has 0 radical (unpaired) electrons. The Bertz CT molecular complexity index is 161. The number of aromatic nitrogens is 2. The van der Waals surface area contributed by atoms with Gasteiger partial charge in [0.1, 0.15) is 5.82 Å². The van der Waals surface area contributed by atoms with E-state index in [-0.39, 0.29) is 13.5 Å². The second kappa shape index (κ2) is 6.28. The van der Waals surface area contributed by atoms with Gasteiger partial charge in [0.2, 0.25) is 0 Å². The van der Waals surface area contributed by atoms with E-state index in [0.29, 0.717) is 0 Å². The third-order valence-corrected chi connectivity index (χ3v) is 1.57. The molecule has 3 heteroatoms. The van der Waals surface area contributed by atoms with E-state index in [0.717, 1.165) is 12.2 Å². The van der Waals surface area contributed by atoms with E-state index in [2.05, 4.69) is 16.9 Å². The van der Waals surface area contributed by atoms with Crippen LogP contribution in [0.1, 0.15) is 32.0 Å². The minimum Gasteiger partial charge on any atom is -0.349 e. The molecule has 11 heavy (non-hydrogen) atoms. The standard InChI is InChI=1S/C8H14N2.H2S/c1-2-3-4-5-8-9-6-7-10-8;/h6-7H,2-5H2,1H3,(H,9,10);1H2. The van der Waals surface area contributed by atoms with Gasteiger partial charge < -0.3 is 4.98 Å². The summed E-state index contributed by atoms with van der Waals surface area (Å²) in [4.78, 5) is 7.22. The first-order chi connectivity index (χ1) is 4.93. The summed E-state index contributed by atoms with van der Waals surface area (Å²) < 4.78 is 0. The highest BCUT2D eigenvalue weighted by Crippen LogP contribution is 2.00. The van der Waals surface area contributed by atoms with Crippen molar-refractivity contribution in [3.05, 3.63) is 18.2 Å². The van der Waals surface area contributed by atoms with Gasteiger partial charge in [-0.05, 0) is 6.42 Å². The van der Waals surface area contributed by atoms with Crippen molar-refractivity contribution in [2.45, 2.75) is 32.6 Å². The summed E-state index contributed by atoms with van der Waals surface area (Å²) in [5, 5.41) is 0. The number of nitrogens with zero attached hydrogens (tertiary/aromatic N) is 1. The summed E-state index contributed by atoms with van der Waals surface area (Å²) in [6, 6.07) is 0. The molecule has 0 amide bonds. The fourth-order valence-corrected chi connectivity index (χ4v) is 0.977. The highest BCUT2D eigenvalue weighted by molar-refractivity contribution is 7.59. The Hall–Kier alpha value is -0.440. The van der Waals surface area contributed by atoms with Crippen LogP contribution >= 0.6 is 13.5 Å². The molecule has 0 saturated heterocycles. The van der Waals surface area contributed by atoms with Gasteiger partial charge in [0.05, 0.1) is 0 Å². The minimum atomic E-state index is 0. The van der Waals surface area contributed by atoms with Crippen LogP contribution in [0.4, 0.5) is 0 Å². The number of H-pyrrole nitrogens is 1. The van der Waals surface area contributed by atoms with Crippen LogP contribution in [0, 0.1) is 0 Å². The summed E-state index contributed by atoms with van der Waals surface area (Å²) in [5.74, 6) is 1.12. The first kappa shape index (κ1) is 10.6. The molecule has 0 aliphatic carbocycles. The molecule has 1 rings (SSSR count). The zero-order valence-electron chi connectivity index (χ0n) is 6.93. The Balaban J connectivity index is 0.000001000. The van der Waals surface area contributed by atoms with Crippen molar-refractivity contribution in [3.63, 3.8) is 0 Å². The van der Waals surface area contributed by atoms with Gasteiger partial charge in [-0.25, -0.2) is 4.98 Å². The van der Waals surface area contributed by atoms with E-state index in [1.165, 1.54) is 19.3 Å². The van der Waals surface area contributed by atoms with Gasteiger partial charge in [0, 0.05) is 18.8 Å². The predicted molar refractivity (Wildman–Crippen MR) is 52.2 cm³/mol. The smallest absolute Gasteiger partial charge is 0.105 e. The molecular weight excluding hydrogens is 156 g/mol. The largest absolute Gasteiger partial charge is 0.349 e. The van der Waals surface area contributed by atoms with Gasteiger partial charge in [-0.3, -0.25) is 0 Å². The number of imidazole rings is 1. The monoisotopic (exact) mass is 172 g/mol. The van der Waals surface area contributed by atoms with Crippen molar-refractivity contribution in [2.75, 3.05) is 0 Å². The topological polar surface area (TPSA) is 28.7 Å². The molecule has 0 aliphatic rings. The second-order valence-corrected chi connectivity index (χ2v) is 2.49. The molecule has 1 aromatic rings. The maximum absolute atomic E-state index is 4.13. The Morgan fingerprint density at radius 1 is 1.45 bits per heavy atom. The maximum Gasteiger partial charge on any atom is 0.105 e. The van der Waals surface area contributed by atoms with Gasteiger partial charge in [-0.15, -0.1) is 0 Å². The van der Waals surface area contributed by atoms with Crippen LogP contribution in [0.25, 0.3) is 0 Å². The quantitative estimate of drug-likeness (QED) is 0.693. The third-order valence-electron chi connectivity index (χ3n) is 1.57. The van der Waals surface area contributed by atoms with Crippen LogP contribution in [-0.4, -0.2) is 9.97 Å². The molecule has 0 atom stereocenters. The van der Waals surface area contributed by atoms with Crippen molar-refractivity contribution in [1.82, 2.24) is 9.97 Å². The lowest BCUT2D eigenvalue weighted by Crippen LogP contribution is -1.86. The number of nitrogens with one attached hydrogen (secondary N) is 1. The minimum absolute atomic E-state index is 0. The van der Waals surface area contributed by atoms with Crippen molar-refractivity contribution in [1.29, 1.82) is 0 Å². The first-order valence-electron chi connectivity index (χ1n) is 3.91. The summed E-state index contributed by atoms with van der Waals surface area (Å²) in [6.07, 6.45) is 8.62. The lowest BCUT2D eigenvalue weighted by molar-refractivity contribution is 0.699. The molecule has 1 aromatic heterocycles. The molecule has 64 valence electrons. The van der Waals surface area contributed by atoms with Gasteiger partial charge in [0.25, 0.3) is 0 Å². The number of hydrogen-bond acceptors (Lipinski definition) is 1. The third kappa shape index (κ3) is 4.09. The van der Waals surface area contributed by atoms with Gasteiger partial charge in [-0.1, -0.05) is 19.8 Å². The summed E-state index contributed by atoms with van der Waals surface area (Å²) >= 11 is 0. The van der Waals surface area contributed by atoms with Crippen LogP contribution in [0.5, 0.6) is 0 Å². The van der Waals surface area contributed by atoms with E-state index in [4.69, 9.17) is 0 Å². The molecule has 0 unspecified atom stereocenters. The van der Waals surface area contributed by atoms with Gasteiger partial charge in [-0.2, -0.15) is 13.5 Å². The molecule has 0 aliphatic heterocycles. The van der Waals surface area contributed by atoms with Crippen LogP contribution in [-0.2, 0) is 6.42 Å². The normalized spacial score (nSPS) is 9.18. The van der Waals surface area contributed by atoms with Gasteiger partial charge in [0.15, 0.2) is 0 Å². The highest BCUT2D eigenvalue weighted by atomic mass is 32.1. The average Bonchev–Trinajstić information content (AvgIpc) is 2.41. The Kier molecular flexibility index (Phi) is 6.03. The van der Waals surface area contributed by atoms with Crippen LogP contribution in [0.3, 0.4) is 0 Å². The van der Waals surface area contributed by atoms with E-state index in [1.807, 2.05) is 6.20 Å². The maximum atomic E-state index is 4.13. The summed E-state index contributed by atoms with van der Waals surface area (Å²) in [6.45, 7) is 2.21. The van der Waals surface area contributed by atoms with E-state index in [1.54, 1.807) is 6.20 Å². The molecule has 1 N–H and O–H groups in total. The van der Waals surface area contributed by atoms with Crippen LogP contribution in [0.15, 0.2) is 12.4 Å². The molecule has 0 saturated carbocycles. The zero-order valence-corrected chi connectivity index (χ0v) is 7.93. The SMILES string of the molecule is CCCCCc1ncc[nH]1.S. The predicted octanol–water partition coefficient (Wildman–Crippen LogP) is 2.26. The molecule has 0 spiro atoms. The Morgan fingerprint density at radius 2 is 2.27 bits per heavy atom. The second-order valence-electron chi connectivity index (χ2n) is 2.49. The molecular formula is C8H16N2S. The van der Waals surface area contributed by atoms with Crippen molar-refractivity contribution < 1.29 is 0 Å². The highest BCUT2D eigenvalue weighted by Gasteiger charge is 1.91. The van der Waals surface area contributed by atoms with Crippen molar-refractivity contribution in [3.8, 4) is 0 Å². The molecule has 2 nitrogen and oxygen atoms in total. The fourth-order valence-electron chi connectivity index (χ4n) is 0.977. The van der Waals surface area contributed by atoms with Crippen LogP contribution < -0.4 is 0 Å². The Labute approximate surface area is 74.9 Å². The Morgan fingerprint density at radius 3 is 2.82 bits per heavy atom. The van der Waals surface area contributed by atoms with Gasteiger partial charge >= 0.3 is 0 Å². The number of hydrogen-bond donors (Lipinski definition) is 1. The van der Waals surface area contributed by atoms with E-state index in [9.17, 15) is 0 Å². The first-order valence-corrected chi connectivity index (χ1v) is 3.91. The van der Waals surface area contributed by atoms with E-state index < -0.39 is 0 Å².